The van der Waals surface area contributed by atoms with Crippen LogP contribution in [0.4, 0.5) is 26.3 Å². The Morgan fingerprint density at radius 3 is 2.00 bits per heavy atom. The summed E-state index contributed by atoms with van der Waals surface area (Å²) >= 11 is 0. The summed E-state index contributed by atoms with van der Waals surface area (Å²) in [6.07, 6.45) is -8.31. The SMILES string of the molecule is CC(C)NC(=O)c1ccc2nnc(C3CN(Cc4ccccc4)CCN3C)n2c1.O=C(O)C(F)(F)F.O=C(O)C(F)(F)F. The number of piperazine rings is 1. The monoisotopic (exact) mass is 620 g/mol. The van der Waals surface area contributed by atoms with E-state index in [1.807, 2.05) is 36.6 Å². The van der Waals surface area contributed by atoms with E-state index in [1.165, 1.54) is 5.56 Å². The van der Waals surface area contributed by atoms with Crippen LogP contribution in [0.15, 0.2) is 48.7 Å². The van der Waals surface area contributed by atoms with Crippen LogP contribution in [-0.2, 0) is 16.1 Å². The molecule has 2 aromatic heterocycles. The molecular weight excluding hydrogens is 590 g/mol. The fraction of sp³-hybridized carbons (Fsp3) is 0.423. The van der Waals surface area contributed by atoms with Gasteiger partial charge in [-0.2, -0.15) is 26.3 Å². The van der Waals surface area contributed by atoms with Crippen molar-refractivity contribution in [2.45, 2.75) is 44.8 Å². The second-order valence-electron chi connectivity index (χ2n) is 9.66. The minimum Gasteiger partial charge on any atom is -0.475 e. The van der Waals surface area contributed by atoms with Crippen LogP contribution in [0.5, 0.6) is 0 Å². The Kier molecular flexibility index (Phi) is 12.0. The number of likely N-dealkylation sites (N-methyl/N-ethyl adjacent to an activating group) is 1. The lowest BCUT2D eigenvalue weighted by atomic mass is 10.1. The van der Waals surface area contributed by atoms with Crippen molar-refractivity contribution in [3.05, 3.63) is 65.6 Å². The van der Waals surface area contributed by atoms with Gasteiger partial charge in [0.2, 0.25) is 0 Å². The standard InChI is InChI=1S/C22H28N6O.2C2HF3O2/c1-16(2)23-22(29)18-9-10-20-24-25-21(28(20)14-18)19-15-27(12-11-26(19)3)13-17-7-5-4-6-8-17;2*3-2(4,5)1(6)7/h4-10,14,16,19H,11-13,15H2,1-3H3,(H,23,29);2*(H,6,7). The zero-order chi connectivity index (χ0) is 32.5. The summed E-state index contributed by atoms with van der Waals surface area (Å²) in [5.74, 6) is -4.72. The summed E-state index contributed by atoms with van der Waals surface area (Å²) < 4.78 is 65.4. The molecular formula is C26H30F6N6O5. The van der Waals surface area contributed by atoms with Crippen molar-refractivity contribution in [2.24, 2.45) is 0 Å². The summed E-state index contributed by atoms with van der Waals surface area (Å²) in [4.78, 5) is 35.0. The van der Waals surface area contributed by atoms with E-state index in [4.69, 9.17) is 19.8 Å². The molecule has 4 rings (SSSR count). The van der Waals surface area contributed by atoms with Crippen LogP contribution in [0.25, 0.3) is 5.65 Å². The van der Waals surface area contributed by atoms with Gasteiger partial charge in [0.25, 0.3) is 5.91 Å². The highest BCUT2D eigenvalue weighted by Gasteiger charge is 2.39. The van der Waals surface area contributed by atoms with Crippen LogP contribution in [0, 0.1) is 0 Å². The first kappa shape index (κ1) is 34.9. The maximum Gasteiger partial charge on any atom is 0.490 e. The first-order valence-corrected chi connectivity index (χ1v) is 12.6. The molecule has 1 fully saturated rings. The molecule has 1 aromatic carbocycles. The van der Waals surface area contributed by atoms with E-state index < -0.39 is 24.3 Å². The van der Waals surface area contributed by atoms with Gasteiger partial charge in [-0.1, -0.05) is 30.3 Å². The molecule has 0 aliphatic carbocycles. The van der Waals surface area contributed by atoms with E-state index in [0.29, 0.717) is 5.56 Å². The smallest absolute Gasteiger partial charge is 0.475 e. The fourth-order valence-electron chi connectivity index (χ4n) is 3.81. The molecule has 3 heterocycles. The number of nitrogens with one attached hydrogen (secondary N) is 1. The van der Waals surface area contributed by atoms with Gasteiger partial charge in [-0.05, 0) is 38.6 Å². The van der Waals surface area contributed by atoms with Crippen LogP contribution in [-0.4, -0.2) is 97.5 Å². The molecule has 3 N–H and O–H groups in total. The van der Waals surface area contributed by atoms with Gasteiger partial charge in [0.1, 0.15) is 0 Å². The molecule has 1 saturated heterocycles. The predicted molar refractivity (Wildman–Crippen MR) is 140 cm³/mol. The van der Waals surface area contributed by atoms with Crippen molar-refractivity contribution in [1.29, 1.82) is 0 Å². The Balaban J connectivity index is 0.000000384. The second kappa shape index (κ2) is 14.8. The van der Waals surface area contributed by atoms with Gasteiger partial charge >= 0.3 is 24.3 Å². The maximum atomic E-state index is 12.4. The molecule has 11 nitrogen and oxygen atoms in total. The van der Waals surface area contributed by atoms with Gasteiger partial charge in [0.05, 0.1) is 11.6 Å². The predicted octanol–water partition coefficient (Wildman–Crippen LogP) is 3.62. The van der Waals surface area contributed by atoms with Gasteiger partial charge in [0, 0.05) is 38.4 Å². The summed E-state index contributed by atoms with van der Waals surface area (Å²) in [7, 11) is 2.13. The highest BCUT2D eigenvalue weighted by atomic mass is 19.4. The molecule has 1 amide bonds. The molecule has 43 heavy (non-hydrogen) atoms. The first-order valence-electron chi connectivity index (χ1n) is 12.6. The van der Waals surface area contributed by atoms with Crippen LogP contribution in [0.2, 0.25) is 0 Å². The molecule has 0 radical (unpaired) electrons. The third-order valence-corrected chi connectivity index (χ3v) is 5.87. The minimum absolute atomic E-state index is 0.0794. The number of carbonyl (C=O) groups excluding carboxylic acids is 1. The molecule has 0 bridgehead atoms. The molecule has 236 valence electrons. The highest BCUT2D eigenvalue weighted by molar-refractivity contribution is 5.94. The number of rotatable bonds is 5. The van der Waals surface area contributed by atoms with Crippen LogP contribution in [0.3, 0.4) is 0 Å². The van der Waals surface area contributed by atoms with Crippen LogP contribution < -0.4 is 5.32 Å². The molecule has 1 aliphatic rings. The number of nitrogens with zero attached hydrogens (tertiary/aromatic N) is 5. The largest absolute Gasteiger partial charge is 0.490 e. The van der Waals surface area contributed by atoms with Gasteiger partial charge in [-0.25, -0.2) is 9.59 Å². The number of carbonyl (C=O) groups is 3. The average molecular weight is 621 g/mol. The number of amides is 1. The zero-order valence-corrected chi connectivity index (χ0v) is 23.2. The number of aromatic nitrogens is 3. The van der Waals surface area contributed by atoms with Gasteiger partial charge in [0.15, 0.2) is 11.5 Å². The first-order chi connectivity index (χ1) is 19.9. The third kappa shape index (κ3) is 10.8. The molecule has 3 aromatic rings. The third-order valence-electron chi connectivity index (χ3n) is 5.87. The van der Waals surface area contributed by atoms with Crippen molar-refractivity contribution in [3.8, 4) is 0 Å². The Morgan fingerprint density at radius 2 is 1.49 bits per heavy atom. The lowest BCUT2D eigenvalue weighted by Crippen LogP contribution is -2.46. The summed E-state index contributed by atoms with van der Waals surface area (Å²) in [5, 5.41) is 26.0. The van der Waals surface area contributed by atoms with Gasteiger partial charge in [-0.15, -0.1) is 10.2 Å². The topological polar surface area (TPSA) is 140 Å². The quantitative estimate of drug-likeness (QED) is 0.365. The number of pyridine rings is 1. The van der Waals surface area contributed by atoms with Crippen molar-refractivity contribution in [3.63, 3.8) is 0 Å². The number of hydrogen-bond donors (Lipinski definition) is 3. The molecule has 17 heteroatoms. The fourth-order valence-corrected chi connectivity index (χ4v) is 3.81. The Morgan fingerprint density at radius 1 is 0.930 bits per heavy atom. The number of hydrogen-bond acceptors (Lipinski definition) is 7. The minimum atomic E-state index is -5.08. The number of fused-ring (bicyclic) bond motifs is 1. The number of carboxylic acids is 2. The summed E-state index contributed by atoms with van der Waals surface area (Å²) in [5.41, 5.74) is 2.69. The number of carboxylic acid groups (broad SMARTS) is 2. The zero-order valence-electron chi connectivity index (χ0n) is 23.2. The molecule has 1 atom stereocenters. The van der Waals surface area contributed by atoms with Crippen molar-refractivity contribution < 1.29 is 50.9 Å². The Bertz CT molecular complexity index is 1360. The van der Waals surface area contributed by atoms with E-state index in [0.717, 1.165) is 37.7 Å². The van der Waals surface area contributed by atoms with Gasteiger partial charge < -0.3 is 15.5 Å². The number of halogens is 6. The Labute approximate surface area is 241 Å². The van der Waals surface area contributed by atoms with E-state index >= 15 is 0 Å². The highest BCUT2D eigenvalue weighted by Crippen LogP contribution is 2.25. The average Bonchev–Trinajstić information content (AvgIpc) is 3.33. The Hall–Kier alpha value is -4.25. The molecule has 1 unspecified atom stereocenters. The van der Waals surface area contributed by atoms with E-state index in [2.05, 4.69) is 56.6 Å². The van der Waals surface area contributed by atoms with E-state index in [1.54, 1.807) is 6.07 Å². The van der Waals surface area contributed by atoms with Crippen molar-refractivity contribution >= 4 is 23.5 Å². The lowest BCUT2D eigenvalue weighted by molar-refractivity contribution is -0.193. The normalized spacial score (nSPS) is 16.1. The van der Waals surface area contributed by atoms with Crippen LogP contribution >= 0.6 is 0 Å². The number of aliphatic carboxylic acids is 2. The maximum absolute atomic E-state index is 12.4. The molecule has 0 saturated carbocycles. The van der Waals surface area contributed by atoms with Crippen LogP contribution in [0.1, 0.15) is 41.6 Å². The summed E-state index contributed by atoms with van der Waals surface area (Å²) in [6.45, 7) is 7.68. The van der Waals surface area contributed by atoms with Crippen molar-refractivity contribution in [2.75, 3.05) is 26.7 Å². The number of alkyl halides is 6. The number of benzene rings is 1. The van der Waals surface area contributed by atoms with Crippen molar-refractivity contribution in [1.82, 2.24) is 29.7 Å². The molecule has 1 aliphatic heterocycles. The van der Waals surface area contributed by atoms with Gasteiger partial charge in [-0.3, -0.25) is 19.0 Å². The second-order valence-corrected chi connectivity index (χ2v) is 9.66. The van der Waals surface area contributed by atoms with E-state index in [9.17, 15) is 31.1 Å². The molecule has 0 spiro atoms. The lowest BCUT2D eigenvalue weighted by Gasteiger charge is -2.38. The summed E-state index contributed by atoms with van der Waals surface area (Å²) in [6, 6.07) is 14.4. The van der Waals surface area contributed by atoms with E-state index in [-0.39, 0.29) is 18.0 Å².